The smallest absolute Gasteiger partial charge is 0.338 e. The predicted molar refractivity (Wildman–Crippen MR) is 130 cm³/mol. The first-order valence-corrected chi connectivity index (χ1v) is 11.5. The number of hydrogen-bond donors (Lipinski definition) is 1. The predicted octanol–water partition coefficient (Wildman–Crippen LogP) is 2.38. The summed E-state index contributed by atoms with van der Waals surface area (Å²) in [7, 11) is 0. The van der Waals surface area contributed by atoms with E-state index >= 15 is 0 Å². The van der Waals surface area contributed by atoms with Crippen molar-refractivity contribution in [3.8, 4) is 11.5 Å². The number of benzene rings is 2. The van der Waals surface area contributed by atoms with Gasteiger partial charge in [0.1, 0.15) is 18.9 Å². The van der Waals surface area contributed by atoms with Crippen molar-refractivity contribution in [2.75, 3.05) is 50.9 Å². The number of ether oxygens (including phenoxy) is 3. The van der Waals surface area contributed by atoms with Gasteiger partial charge in [-0.05, 0) is 49.5 Å². The fraction of sp³-hybridized carbons (Fsp3) is 0.348. The molecule has 11 nitrogen and oxygen atoms in total. The highest BCUT2D eigenvalue weighted by atomic mass is 32.1. The first-order chi connectivity index (χ1) is 16.9. The number of nitrogens with zero attached hydrogens (tertiary/aromatic N) is 3. The number of anilines is 1. The van der Waals surface area contributed by atoms with Crippen molar-refractivity contribution < 1.29 is 28.7 Å². The van der Waals surface area contributed by atoms with Crippen LogP contribution >= 0.6 is 12.2 Å². The summed E-state index contributed by atoms with van der Waals surface area (Å²) in [6, 6.07) is 9.25. The van der Waals surface area contributed by atoms with Gasteiger partial charge in [0.15, 0.2) is 16.6 Å². The standard InChI is InChI=1S/C23H24N4O7S/c1-2-32-22(29)16-3-5-17(18(13-16)27(30)31)25-7-9-26(10-8-25)23(35)24-21(28)15-4-6-19-20(14-15)34-12-11-33-19/h3-6,13-14H,2,7-12H2,1H3,(H,24,28,35). The van der Waals surface area contributed by atoms with E-state index in [1.54, 1.807) is 31.2 Å². The molecule has 0 radical (unpaired) electrons. The molecule has 1 saturated heterocycles. The number of nitrogens with one attached hydrogen (secondary N) is 1. The Hall–Kier alpha value is -3.93. The normalized spacial score (nSPS) is 14.8. The molecule has 0 bridgehead atoms. The van der Waals surface area contributed by atoms with Crippen LogP contribution in [0.3, 0.4) is 0 Å². The van der Waals surface area contributed by atoms with Gasteiger partial charge < -0.3 is 24.0 Å². The van der Waals surface area contributed by atoms with Gasteiger partial charge >= 0.3 is 5.97 Å². The second-order valence-corrected chi connectivity index (χ2v) is 8.16. The molecular formula is C23H24N4O7S. The summed E-state index contributed by atoms with van der Waals surface area (Å²) < 4.78 is 15.9. The first-order valence-electron chi connectivity index (χ1n) is 11.1. The molecule has 4 rings (SSSR count). The Bertz CT molecular complexity index is 1160. The van der Waals surface area contributed by atoms with Crippen LogP contribution in [-0.4, -0.2) is 72.8 Å². The van der Waals surface area contributed by atoms with E-state index in [2.05, 4.69) is 5.32 Å². The van der Waals surface area contributed by atoms with Crippen LogP contribution in [-0.2, 0) is 4.74 Å². The Morgan fingerprint density at radius 2 is 1.74 bits per heavy atom. The molecule has 0 aliphatic carbocycles. The van der Waals surface area contributed by atoms with Crippen molar-refractivity contribution in [1.29, 1.82) is 0 Å². The number of nitro groups is 1. The molecule has 2 aliphatic heterocycles. The monoisotopic (exact) mass is 500 g/mol. The molecule has 1 amide bonds. The lowest BCUT2D eigenvalue weighted by Crippen LogP contribution is -2.52. The Morgan fingerprint density at radius 1 is 1.06 bits per heavy atom. The summed E-state index contributed by atoms with van der Waals surface area (Å²) in [6.07, 6.45) is 0. The Kier molecular flexibility index (Phi) is 7.30. The third-order valence-corrected chi connectivity index (χ3v) is 5.98. The molecule has 0 aromatic heterocycles. The maximum absolute atomic E-state index is 12.7. The van der Waals surface area contributed by atoms with E-state index in [0.717, 1.165) is 0 Å². The van der Waals surface area contributed by atoms with Gasteiger partial charge in [-0.3, -0.25) is 20.2 Å². The zero-order valence-electron chi connectivity index (χ0n) is 19.0. The van der Waals surface area contributed by atoms with Crippen molar-refractivity contribution in [1.82, 2.24) is 10.2 Å². The SMILES string of the molecule is CCOC(=O)c1ccc(N2CCN(C(=S)NC(=O)c3ccc4c(c3)OCCO4)CC2)c([N+](=O)[O-])c1. The Balaban J connectivity index is 1.37. The molecule has 1 fully saturated rings. The maximum atomic E-state index is 12.7. The molecule has 184 valence electrons. The number of carbonyl (C=O) groups excluding carboxylic acids is 2. The molecule has 1 N–H and O–H groups in total. The summed E-state index contributed by atoms with van der Waals surface area (Å²) in [6.45, 7) is 4.54. The van der Waals surface area contributed by atoms with Crippen LogP contribution < -0.4 is 19.7 Å². The number of amides is 1. The molecular weight excluding hydrogens is 476 g/mol. The average molecular weight is 501 g/mol. The highest BCUT2D eigenvalue weighted by Crippen LogP contribution is 2.31. The van der Waals surface area contributed by atoms with Gasteiger partial charge in [-0.25, -0.2) is 4.79 Å². The molecule has 2 heterocycles. The first kappa shape index (κ1) is 24.2. The minimum Gasteiger partial charge on any atom is -0.486 e. The topological polar surface area (TPSA) is 123 Å². The quantitative estimate of drug-likeness (QED) is 0.283. The van der Waals surface area contributed by atoms with Crippen LogP contribution in [0, 0.1) is 10.1 Å². The van der Waals surface area contributed by atoms with Crippen molar-refractivity contribution in [3.63, 3.8) is 0 Å². The van der Waals surface area contributed by atoms with E-state index in [1.807, 2.05) is 9.80 Å². The van der Waals surface area contributed by atoms with E-state index in [0.29, 0.717) is 62.1 Å². The van der Waals surface area contributed by atoms with Crippen LogP contribution in [0.25, 0.3) is 0 Å². The summed E-state index contributed by atoms with van der Waals surface area (Å²) in [5.41, 5.74) is 0.768. The van der Waals surface area contributed by atoms with E-state index in [4.69, 9.17) is 26.4 Å². The lowest BCUT2D eigenvalue weighted by atomic mass is 10.1. The van der Waals surface area contributed by atoms with Crippen LogP contribution in [0.2, 0.25) is 0 Å². The zero-order chi connectivity index (χ0) is 24.9. The number of piperazine rings is 1. The summed E-state index contributed by atoms with van der Waals surface area (Å²) in [4.78, 5) is 39.5. The van der Waals surface area contributed by atoms with E-state index < -0.39 is 10.9 Å². The largest absolute Gasteiger partial charge is 0.486 e. The maximum Gasteiger partial charge on any atom is 0.338 e. The van der Waals surface area contributed by atoms with Crippen LogP contribution in [0.15, 0.2) is 36.4 Å². The van der Waals surface area contributed by atoms with Crippen LogP contribution in [0.4, 0.5) is 11.4 Å². The molecule has 0 unspecified atom stereocenters. The molecule has 2 aromatic rings. The number of carbonyl (C=O) groups is 2. The van der Waals surface area contributed by atoms with Gasteiger partial charge in [0.2, 0.25) is 0 Å². The fourth-order valence-corrected chi connectivity index (χ4v) is 4.14. The Morgan fingerprint density at radius 3 is 2.43 bits per heavy atom. The van der Waals surface area contributed by atoms with E-state index in [9.17, 15) is 19.7 Å². The van der Waals surface area contributed by atoms with Crippen molar-refractivity contribution >= 4 is 40.6 Å². The molecule has 0 saturated carbocycles. The van der Waals surface area contributed by atoms with Crippen molar-refractivity contribution in [2.45, 2.75) is 6.92 Å². The summed E-state index contributed by atoms with van der Waals surface area (Å²) in [5, 5.41) is 14.7. The number of thiocarbonyl (C=S) groups is 1. The molecule has 2 aliphatic rings. The Labute approximate surface area is 206 Å². The number of fused-ring (bicyclic) bond motifs is 1. The second kappa shape index (κ2) is 10.6. The zero-order valence-corrected chi connectivity index (χ0v) is 19.8. The van der Waals surface area contributed by atoms with Gasteiger partial charge in [0.25, 0.3) is 11.6 Å². The van der Waals surface area contributed by atoms with Gasteiger partial charge in [-0.2, -0.15) is 0 Å². The number of nitro benzene ring substituents is 1. The lowest BCUT2D eigenvalue weighted by molar-refractivity contribution is -0.384. The molecule has 2 aromatic carbocycles. The van der Waals surface area contributed by atoms with Crippen molar-refractivity contribution in [2.24, 2.45) is 0 Å². The molecule has 0 atom stereocenters. The molecule has 12 heteroatoms. The number of hydrogen-bond acceptors (Lipinski definition) is 9. The third-order valence-electron chi connectivity index (χ3n) is 5.62. The highest BCUT2D eigenvalue weighted by Gasteiger charge is 2.27. The fourth-order valence-electron chi connectivity index (χ4n) is 3.86. The van der Waals surface area contributed by atoms with E-state index in [-0.39, 0.29) is 28.9 Å². The molecule has 0 spiro atoms. The van der Waals surface area contributed by atoms with Crippen LogP contribution in [0.1, 0.15) is 27.6 Å². The van der Waals surface area contributed by atoms with Gasteiger partial charge in [0.05, 0.1) is 17.1 Å². The third kappa shape index (κ3) is 5.43. The minimum atomic E-state index is -0.605. The molecule has 35 heavy (non-hydrogen) atoms. The lowest BCUT2D eigenvalue weighted by Gasteiger charge is -2.37. The summed E-state index contributed by atoms with van der Waals surface area (Å²) in [5.74, 6) is 0.139. The number of esters is 1. The van der Waals surface area contributed by atoms with Gasteiger partial charge in [0, 0.05) is 37.8 Å². The van der Waals surface area contributed by atoms with E-state index in [1.165, 1.54) is 12.1 Å². The second-order valence-electron chi connectivity index (χ2n) is 7.77. The highest BCUT2D eigenvalue weighted by molar-refractivity contribution is 7.80. The average Bonchev–Trinajstić information content (AvgIpc) is 2.88. The summed E-state index contributed by atoms with van der Waals surface area (Å²) >= 11 is 5.42. The number of rotatable bonds is 5. The van der Waals surface area contributed by atoms with Gasteiger partial charge in [-0.15, -0.1) is 0 Å². The van der Waals surface area contributed by atoms with Crippen LogP contribution in [0.5, 0.6) is 11.5 Å². The van der Waals surface area contributed by atoms with Gasteiger partial charge in [-0.1, -0.05) is 0 Å². The minimum absolute atomic E-state index is 0.129. The van der Waals surface area contributed by atoms with Crippen molar-refractivity contribution in [3.05, 3.63) is 57.6 Å².